The zero-order chi connectivity index (χ0) is 55.9. The lowest BCUT2D eigenvalue weighted by Crippen LogP contribution is -2.23. The number of hydrogen-bond donors (Lipinski definition) is 0. The van der Waals surface area contributed by atoms with Crippen molar-refractivity contribution in [2.75, 3.05) is 0 Å². The summed E-state index contributed by atoms with van der Waals surface area (Å²) in [5, 5.41) is 1.54. The number of rotatable bonds is 15. The van der Waals surface area contributed by atoms with E-state index in [4.69, 9.17) is 14.5 Å². The fourth-order valence-electron chi connectivity index (χ4n) is 10.9. The third-order valence-corrected chi connectivity index (χ3v) is 14.8. The SMILES string of the molecule is O=C1c2c(c(/C=C/c3ccccc3)c3cccnc3c2OC(c2ccccc2)c2ccccc2)CN1Cc1ccc(F)cc1.O=Cc1c2c(c(OC(c3ccccc3)c3ccccc3)c3ncccc13)C(=O)N(Cc1ccc(F)cc1)C2. The maximum absolute atomic E-state index is 14.3. The molecule has 82 heavy (non-hydrogen) atoms. The monoisotopic (exact) mass is 1080 g/mol. The van der Waals surface area contributed by atoms with E-state index in [2.05, 4.69) is 17.1 Å². The van der Waals surface area contributed by atoms with Gasteiger partial charge in [0.05, 0.1) is 11.1 Å². The molecule has 0 aliphatic carbocycles. The number of benzene rings is 9. The van der Waals surface area contributed by atoms with E-state index in [0.717, 1.165) is 61.7 Å². The van der Waals surface area contributed by atoms with Gasteiger partial charge < -0.3 is 19.3 Å². The molecule has 0 bridgehead atoms. The average molecular weight is 1080 g/mol. The Bertz CT molecular complexity index is 4060. The summed E-state index contributed by atoms with van der Waals surface area (Å²) in [7, 11) is 0. The van der Waals surface area contributed by atoms with E-state index >= 15 is 0 Å². The topological polar surface area (TPSA) is 102 Å². The first-order valence-electron chi connectivity index (χ1n) is 27.0. The Balaban J connectivity index is 0.000000164. The second-order valence-corrected chi connectivity index (χ2v) is 20.1. The third-order valence-electron chi connectivity index (χ3n) is 14.8. The summed E-state index contributed by atoms with van der Waals surface area (Å²) in [6.45, 7) is 1.25. The molecule has 0 spiro atoms. The Labute approximate surface area is 473 Å². The lowest BCUT2D eigenvalue weighted by molar-refractivity contribution is 0.0755. The minimum Gasteiger partial charge on any atom is -0.478 e. The number of aromatic nitrogens is 2. The van der Waals surface area contributed by atoms with Crippen LogP contribution in [0.15, 0.2) is 237 Å². The smallest absolute Gasteiger partial charge is 0.258 e. The lowest BCUT2D eigenvalue weighted by atomic mass is 9.95. The molecule has 0 atom stereocenters. The fraction of sp³-hybridized carbons (Fsp3) is 0.0845. The Kier molecular flexibility index (Phi) is 15.0. The number of fused-ring (bicyclic) bond motifs is 4. The molecule has 400 valence electrons. The van der Waals surface area contributed by atoms with Crippen molar-refractivity contribution in [1.29, 1.82) is 0 Å². The number of hydrogen-bond acceptors (Lipinski definition) is 7. The van der Waals surface area contributed by atoms with Crippen LogP contribution in [0.5, 0.6) is 11.5 Å². The van der Waals surface area contributed by atoms with Crippen molar-refractivity contribution in [2.24, 2.45) is 0 Å². The van der Waals surface area contributed by atoms with Gasteiger partial charge in [-0.1, -0.05) is 200 Å². The van der Waals surface area contributed by atoms with Gasteiger partial charge in [-0.05, 0) is 92.0 Å². The minimum absolute atomic E-state index is 0.138. The lowest BCUT2D eigenvalue weighted by Gasteiger charge is -2.23. The van der Waals surface area contributed by atoms with Crippen LogP contribution in [0.1, 0.15) is 98.9 Å². The van der Waals surface area contributed by atoms with Crippen LogP contribution in [0.4, 0.5) is 8.78 Å². The number of ether oxygens (including phenoxy) is 2. The number of nitrogens with zero attached hydrogens (tertiary/aromatic N) is 4. The van der Waals surface area contributed by atoms with E-state index in [9.17, 15) is 23.2 Å². The number of carbonyl (C=O) groups is 3. The van der Waals surface area contributed by atoms with Crippen LogP contribution in [-0.4, -0.2) is 37.9 Å². The van der Waals surface area contributed by atoms with E-state index in [1.165, 1.54) is 24.3 Å². The molecule has 2 aliphatic rings. The molecule has 11 aromatic rings. The van der Waals surface area contributed by atoms with Crippen molar-refractivity contribution in [2.45, 2.75) is 38.4 Å². The number of carbonyl (C=O) groups excluding carboxylic acids is 3. The van der Waals surface area contributed by atoms with E-state index in [1.54, 1.807) is 52.5 Å². The Hall–Kier alpha value is -10.4. The Morgan fingerprint density at radius 2 is 0.805 bits per heavy atom. The van der Waals surface area contributed by atoms with Gasteiger partial charge in [0.2, 0.25) is 0 Å². The van der Waals surface area contributed by atoms with Crippen molar-refractivity contribution in [3.8, 4) is 11.5 Å². The van der Waals surface area contributed by atoms with Crippen LogP contribution in [0.2, 0.25) is 0 Å². The first kappa shape index (κ1) is 52.3. The summed E-state index contributed by atoms with van der Waals surface area (Å²) in [6, 6.07) is 69.6. The zero-order valence-electron chi connectivity index (χ0n) is 44.3. The molecule has 9 nitrogen and oxygen atoms in total. The van der Waals surface area contributed by atoms with Gasteiger partial charge in [-0.2, -0.15) is 0 Å². The van der Waals surface area contributed by atoms with Crippen LogP contribution in [-0.2, 0) is 26.2 Å². The summed E-state index contributed by atoms with van der Waals surface area (Å²) >= 11 is 0. The summed E-state index contributed by atoms with van der Waals surface area (Å²) in [5.74, 6) is -0.217. The zero-order valence-corrected chi connectivity index (χ0v) is 44.3. The largest absolute Gasteiger partial charge is 0.478 e. The van der Waals surface area contributed by atoms with Crippen molar-refractivity contribution in [1.82, 2.24) is 19.8 Å². The van der Waals surface area contributed by atoms with Gasteiger partial charge in [0.1, 0.15) is 34.9 Å². The summed E-state index contributed by atoms with van der Waals surface area (Å²) in [4.78, 5) is 53.3. The van der Waals surface area contributed by atoms with Crippen molar-refractivity contribution < 1.29 is 32.6 Å². The Morgan fingerprint density at radius 3 is 1.20 bits per heavy atom. The molecule has 13 rings (SSSR count). The first-order valence-corrected chi connectivity index (χ1v) is 27.0. The molecule has 2 aliphatic heterocycles. The second-order valence-electron chi connectivity index (χ2n) is 20.1. The van der Waals surface area contributed by atoms with Gasteiger partial charge in [-0.3, -0.25) is 24.4 Å². The number of pyridine rings is 2. The highest BCUT2D eigenvalue weighted by Gasteiger charge is 2.38. The van der Waals surface area contributed by atoms with Gasteiger partial charge >= 0.3 is 0 Å². The molecule has 0 saturated carbocycles. The normalized spacial score (nSPS) is 12.7. The molecule has 0 unspecified atom stereocenters. The van der Waals surface area contributed by atoms with Gasteiger partial charge in [0, 0.05) is 54.9 Å². The molecule has 2 amide bonds. The van der Waals surface area contributed by atoms with Crippen LogP contribution >= 0.6 is 0 Å². The van der Waals surface area contributed by atoms with Crippen molar-refractivity contribution in [3.05, 3.63) is 321 Å². The number of halogens is 2. The molecule has 0 saturated heterocycles. The van der Waals surface area contributed by atoms with E-state index in [0.29, 0.717) is 63.3 Å². The maximum Gasteiger partial charge on any atom is 0.258 e. The maximum atomic E-state index is 14.3. The molecular formula is C71H52F2N4O5. The molecule has 0 fully saturated rings. The summed E-state index contributed by atoms with van der Waals surface area (Å²) in [5.41, 5.74) is 11.3. The van der Waals surface area contributed by atoms with Gasteiger partial charge in [-0.15, -0.1) is 0 Å². The van der Waals surface area contributed by atoms with Crippen molar-refractivity contribution in [3.63, 3.8) is 0 Å². The molecule has 2 aromatic heterocycles. The van der Waals surface area contributed by atoms with Gasteiger partial charge in [0.25, 0.3) is 11.8 Å². The predicted molar refractivity (Wildman–Crippen MR) is 315 cm³/mol. The third kappa shape index (κ3) is 10.7. The van der Waals surface area contributed by atoms with Crippen LogP contribution in [0, 0.1) is 11.6 Å². The predicted octanol–water partition coefficient (Wildman–Crippen LogP) is 15.4. The average Bonchev–Trinajstić information content (AvgIpc) is 4.25. The highest BCUT2D eigenvalue weighted by molar-refractivity contribution is 6.12. The molecule has 11 heteroatoms. The molecule has 0 radical (unpaired) electrons. The standard InChI is InChI=1S/C39H29FN2O2.C32H23FN2O3/c40-31-21-18-28(19-22-31)25-42-26-34-32(23-20-27-11-4-1-5-12-27)33-17-10-24-41-36(33)38(35(34)39(42)43)44-37(29-13-6-2-7-14-29)30-15-8-3-9-16-30;33-24-15-13-21(14-16-24)18-35-19-26-27(20-36)25-12-7-17-34-29(25)31(28(26)32(35)37)38-30(22-8-3-1-4-9-22)23-10-5-2-6-11-23/h1-24,37H,25-26H2;1-17,20,30H,18-19H2/b23-20+;. The second kappa shape index (κ2) is 23.5. The molecule has 0 N–H and O–H groups in total. The molecular weight excluding hydrogens is 1030 g/mol. The van der Waals surface area contributed by atoms with Crippen LogP contribution in [0.25, 0.3) is 34.0 Å². The van der Waals surface area contributed by atoms with E-state index < -0.39 is 12.2 Å². The molecule has 9 aromatic carbocycles. The van der Waals surface area contributed by atoms with E-state index in [-0.39, 0.29) is 36.5 Å². The fourth-order valence-corrected chi connectivity index (χ4v) is 10.9. The highest BCUT2D eigenvalue weighted by Crippen LogP contribution is 2.45. The number of amides is 2. The highest BCUT2D eigenvalue weighted by atomic mass is 19.1. The molecule has 4 heterocycles. The van der Waals surface area contributed by atoms with E-state index in [1.807, 2.05) is 170 Å². The van der Waals surface area contributed by atoms with Crippen LogP contribution < -0.4 is 9.47 Å². The van der Waals surface area contributed by atoms with Gasteiger partial charge in [0.15, 0.2) is 17.8 Å². The minimum atomic E-state index is -0.507. The Morgan fingerprint density at radius 1 is 0.439 bits per heavy atom. The quantitative estimate of drug-likeness (QED) is 0.0744. The summed E-state index contributed by atoms with van der Waals surface area (Å²) < 4.78 is 40.8. The number of aldehydes is 1. The summed E-state index contributed by atoms with van der Waals surface area (Å²) in [6.07, 6.45) is 7.32. The first-order chi connectivity index (χ1) is 40.3. The van der Waals surface area contributed by atoms with Crippen molar-refractivity contribution >= 4 is 52.1 Å². The van der Waals surface area contributed by atoms with Crippen LogP contribution in [0.3, 0.4) is 0 Å². The van der Waals surface area contributed by atoms with Gasteiger partial charge in [-0.25, -0.2) is 8.78 Å².